The number of carbonyl (C=O) groups excluding carboxylic acids is 1. The zero-order valence-electron chi connectivity index (χ0n) is 8.27. The summed E-state index contributed by atoms with van der Waals surface area (Å²) in [7, 11) is 1.45. The highest BCUT2D eigenvalue weighted by Crippen LogP contribution is 2.27. The van der Waals surface area contributed by atoms with Crippen LogP contribution in [0.1, 0.15) is 5.56 Å². The van der Waals surface area contributed by atoms with Crippen LogP contribution in [0.2, 0.25) is 0 Å². The van der Waals surface area contributed by atoms with Gasteiger partial charge < -0.3 is 4.74 Å². The van der Waals surface area contributed by atoms with Crippen molar-refractivity contribution in [1.29, 1.82) is 0 Å². The van der Waals surface area contributed by atoms with Crippen LogP contribution in [0, 0.1) is 0 Å². The van der Waals surface area contributed by atoms with Gasteiger partial charge in [0.25, 0.3) is 0 Å². The quantitative estimate of drug-likeness (QED) is 0.857. The Bertz CT molecular complexity index is 402. The Labute approximate surface area is 98.5 Å². The van der Waals surface area contributed by atoms with Gasteiger partial charge in [-0.1, -0.05) is 6.07 Å². The number of Topliss-reactive ketones (excluding diaryl/α,β-unsaturated/α-hetero) is 1. The van der Waals surface area contributed by atoms with Gasteiger partial charge in [-0.05, 0) is 33.6 Å². The van der Waals surface area contributed by atoms with E-state index in [0.29, 0.717) is 10.2 Å². The maximum Gasteiger partial charge on any atom is 0.450 e. The molecule has 0 aliphatic carbocycles. The fourth-order valence-corrected chi connectivity index (χ4v) is 1.69. The van der Waals surface area contributed by atoms with E-state index < -0.39 is 18.4 Å². The molecule has 0 aliphatic rings. The van der Waals surface area contributed by atoms with Crippen molar-refractivity contribution < 1.29 is 22.7 Å². The second-order valence-electron chi connectivity index (χ2n) is 3.07. The lowest BCUT2D eigenvalue weighted by Gasteiger charge is -2.07. The van der Waals surface area contributed by atoms with Crippen LogP contribution in [0.15, 0.2) is 22.7 Å². The first-order valence-corrected chi connectivity index (χ1v) is 5.06. The normalized spacial score (nSPS) is 11.3. The summed E-state index contributed by atoms with van der Waals surface area (Å²) in [6, 6.07) is 4.36. The van der Waals surface area contributed by atoms with Gasteiger partial charge in [-0.15, -0.1) is 0 Å². The van der Waals surface area contributed by atoms with Gasteiger partial charge in [0.2, 0.25) is 5.78 Å². The highest BCUT2D eigenvalue weighted by Gasteiger charge is 2.37. The molecular weight excluding hydrogens is 289 g/mol. The summed E-state index contributed by atoms with van der Waals surface area (Å²) >= 11 is 3.13. The van der Waals surface area contributed by atoms with Crippen LogP contribution >= 0.6 is 15.9 Å². The molecule has 2 nitrogen and oxygen atoms in total. The largest absolute Gasteiger partial charge is 0.496 e. The van der Waals surface area contributed by atoms with Crippen LogP contribution in [0.4, 0.5) is 13.2 Å². The maximum absolute atomic E-state index is 12.0. The van der Waals surface area contributed by atoms with Crippen molar-refractivity contribution in [3.8, 4) is 5.75 Å². The van der Waals surface area contributed by atoms with Crippen molar-refractivity contribution >= 4 is 21.7 Å². The lowest BCUT2D eigenvalue weighted by atomic mass is 10.1. The van der Waals surface area contributed by atoms with Crippen molar-refractivity contribution in [2.75, 3.05) is 7.11 Å². The zero-order valence-corrected chi connectivity index (χ0v) is 9.85. The minimum absolute atomic E-state index is 0.287. The number of benzene rings is 1. The van der Waals surface area contributed by atoms with E-state index in [1.807, 2.05) is 0 Å². The Morgan fingerprint density at radius 1 is 1.44 bits per heavy atom. The van der Waals surface area contributed by atoms with Crippen molar-refractivity contribution in [1.82, 2.24) is 0 Å². The van der Waals surface area contributed by atoms with Gasteiger partial charge in [0, 0.05) is 6.42 Å². The number of rotatable bonds is 3. The first-order valence-electron chi connectivity index (χ1n) is 4.27. The minimum Gasteiger partial charge on any atom is -0.496 e. The first kappa shape index (κ1) is 13.0. The Kier molecular flexibility index (Phi) is 3.96. The molecule has 0 N–H and O–H groups in total. The summed E-state index contributed by atoms with van der Waals surface area (Å²) in [5.41, 5.74) is 0.287. The molecule has 0 radical (unpaired) electrons. The molecule has 0 amide bonds. The number of halogens is 4. The van der Waals surface area contributed by atoms with E-state index in [2.05, 4.69) is 15.9 Å². The van der Waals surface area contributed by atoms with Crippen LogP contribution in [-0.2, 0) is 11.2 Å². The Balaban J connectivity index is 2.84. The van der Waals surface area contributed by atoms with Gasteiger partial charge in [0.05, 0.1) is 11.6 Å². The molecule has 0 heterocycles. The van der Waals surface area contributed by atoms with Crippen LogP contribution in [0.3, 0.4) is 0 Å². The van der Waals surface area contributed by atoms with E-state index in [1.165, 1.54) is 25.3 Å². The van der Waals surface area contributed by atoms with Crippen molar-refractivity contribution in [2.24, 2.45) is 0 Å². The Morgan fingerprint density at radius 2 is 2.06 bits per heavy atom. The lowest BCUT2D eigenvalue weighted by molar-refractivity contribution is -0.170. The van der Waals surface area contributed by atoms with Gasteiger partial charge in [0.1, 0.15) is 5.75 Å². The third-order valence-corrected chi connectivity index (χ3v) is 2.52. The molecule has 6 heteroatoms. The number of methoxy groups -OCH3 is 1. The van der Waals surface area contributed by atoms with Crippen LogP contribution in [0.25, 0.3) is 0 Å². The number of hydrogen-bond donors (Lipinski definition) is 0. The molecule has 0 aromatic heterocycles. The molecule has 88 valence electrons. The summed E-state index contributed by atoms with van der Waals surface area (Å²) in [4.78, 5) is 10.7. The summed E-state index contributed by atoms with van der Waals surface area (Å²) in [5, 5.41) is 0. The Hall–Kier alpha value is -1.04. The fraction of sp³-hybridized carbons (Fsp3) is 0.300. The second-order valence-corrected chi connectivity index (χ2v) is 3.92. The number of ketones is 1. The molecule has 0 saturated heterocycles. The van der Waals surface area contributed by atoms with Crippen LogP contribution in [0.5, 0.6) is 5.75 Å². The molecule has 0 spiro atoms. The molecule has 0 aliphatic heterocycles. The molecule has 1 rings (SSSR count). The van der Waals surface area contributed by atoms with E-state index in [0.717, 1.165) is 0 Å². The lowest BCUT2D eigenvalue weighted by Crippen LogP contribution is -2.24. The highest BCUT2D eigenvalue weighted by molar-refractivity contribution is 9.10. The molecule has 1 aromatic rings. The van der Waals surface area contributed by atoms with Crippen LogP contribution < -0.4 is 4.74 Å². The topological polar surface area (TPSA) is 26.3 Å². The van der Waals surface area contributed by atoms with Gasteiger partial charge in [0.15, 0.2) is 0 Å². The van der Waals surface area contributed by atoms with Gasteiger partial charge >= 0.3 is 6.18 Å². The summed E-state index contributed by atoms with van der Waals surface area (Å²) in [5.74, 6) is -1.26. The standard InChI is InChI=1S/C10H8BrF3O2/c1-16-8-3-2-6(4-7(8)11)5-9(15)10(12,13)14/h2-4H,5H2,1H3. The highest BCUT2D eigenvalue weighted by atomic mass is 79.9. The van der Waals surface area contributed by atoms with Crippen LogP contribution in [-0.4, -0.2) is 19.1 Å². The molecule has 0 unspecified atom stereocenters. The number of alkyl halides is 3. The average Bonchev–Trinajstić information content (AvgIpc) is 2.16. The minimum atomic E-state index is -4.79. The SMILES string of the molecule is COc1ccc(CC(=O)C(F)(F)F)cc1Br. The van der Waals surface area contributed by atoms with Gasteiger partial charge in [-0.3, -0.25) is 4.79 Å². The fourth-order valence-electron chi connectivity index (χ4n) is 1.11. The Morgan fingerprint density at radius 3 is 2.50 bits per heavy atom. The van der Waals surface area contributed by atoms with E-state index in [-0.39, 0.29) is 5.56 Å². The third kappa shape index (κ3) is 3.23. The second kappa shape index (κ2) is 4.86. The zero-order chi connectivity index (χ0) is 12.3. The van der Waals surface area contributed by atoms with Gasteiger partial charge in [-0.2, -0.15) is 13.2 Å². The monoisotopic (exact) mass is 296 g/mol. The number of carbonyl (C=O) groups is 1. The smallest absolute Gasteiger partial charge is 0.450 e. The summed E-state index contributed by atoms with van der Waals surface area (Å²) in [6.07, 6.45) is -5.45. The van der Waals surface area contributed by atoms with E-state index in [1.54, 1.807) is 0 Å². The number of ether oxygens (including phenoxy) is 1. The number of hydrogen-bond acceptors (Lipinski definition) is 2. The molecule has 0 saturated carbocycles. The van der Waals surface area contributed by atoms with E-state index in [4.69, 9.17) is 4.74 Å². The first-order chi connectivity index (χ1) is 7.34. The molecule has 1 aromatic carbocycles. The van der Waals surface area contributed by atoms with Crippen molar-refractivity contribution in [2.45, 2.75) is 12.6 Å². The maximum atomic E-state index is 12.0. The molecule has 0 atom stereocenters. The molecule has 0 bridgehead atoms. The van der Waals surface area contributed by atoms with E-state index in [9.17, 15) is 18.0 Å². The predicted octanol–water partition coefficient (Wildman–Crippen LogP) is 3.13. The predicted molar refractivity (Wildman–Crippen MR) is 55.5 cm³/mol. The van der Waals surface area contributed by atoms with Crippen molar-refractivity contribution in [3.05, 3.63) is 28.2 Å². The summed E-state index contributed by atoms with van der Waals surface area (Å²) in [6.45, 7) is 0. The average molecular weight is 297 g/mol. The summed E-state index contributed by atoms with van der Waals surface area (Å²) < 4.78 is 41.4. The molecular formula is C10H8BrF3O2. The third-order valence-electron chi connectivity index (χ3n) is 1.90. The van der Waals surface area contributed by atoms with E-state index >= 15 is 0 Å². The molecule has 0 fully saturated rings. The van der Waals surface area contributed by atoms with Gasteiger partial charge in [-0.25, -0.2) is 0 Å². The molecule has 16 heavy (non-hydrogen) atoms. The van der Waals surface area contributed by atoms with Crippen molar-refractivity contribution in [3.63, 3.8) is 0 Å².